The van der Waals surface area contributed by atoms with Crippen LogP contribution in [0.25, 0.3) is 0 Å². The second-order valence-corrected chi connectivity index (χ2v) is 7.43. The van der Waals surface area contributed by atoms with Crippen LogP contribution in [0, 0.1) is 11.8 Å². The van der Waals surface area contributed by atoms with Crippen LogP contribution in [0.2, 0.25) is 0 Å². The SMILES string of the molecule is COc1cc(C[C@@H](C)[C@@H](C)Cc2cc(OC)c3c(c2)OCO3)cc2c1OCO2. The quantitative estimate of drug-likeness (QED) is 0.710. The summed E-state index contributed by atoms with van der Waals surface area (Å²) in [5, 5.41) is 0. The van der Waals surface area contributed by atoms with Gasteiger partial charge in [-0.05, 0) is 60.1 Å². The van der Waals surface area contributed by atoms with Gasteiger partial charge in [0.15, 0.2) is 23.0 Å². The van der Waals surface area contributed by atoms with E-state index in [2.05, 4.69) is 26.0 Å². The van der Waals surface area contributed by atoms with Crippen molar-refractivity contribution in [3.63, 3.8) is 0 Å². The highest BCUT2D eigenvalue weighted by Gasteiger charge is 2.24. The molecule has 150 valence electrons. The number of hydrogen-bond acceptors (Lipinski definition) is 6. The summed E-state index contributed by atoms with van der Waals surface area (Å²) in [5.74, 6) is 5.28. The minimum absolute atomic E-state index is 0.243. The summed E-state index contributed by atoms with van der Waals surface area (Å²) < 4.78 is 33.0. The van der Waals surface area contributed by atoms with Crippen LogP contribution in [0.1, 0.15) is 25.0 Å². The van der Waals surface area contributed by atoms with Gasteiger partial charge in [0.25, 0.3) is 0 Å². The van der Waals surface area contributed by atoms with Gasteiger partial charge in [0.05, 0.1) is 14.2 Å². The van der Waals surface area contributed by atoms with E-state index in [9.17, 15) is 0 Å². The zero-order chi connectivity index (χ0) is 19.7. The molecule has 2 aromatic carbocycles. The van der Waals surface area contributed by atoms with Crippen LogP contribution >= 0.6 is 0 Å². The first-order valence-corrected chi connectivity index (χ1v) is 9.52. The maximum atomic E-state index is 5.55. The molecule has 0 amide bonds. The molecule has 2 aromatic rings. The molecule has 2 aliphatic heterocycles. The molecule has 0 N–H and O–H groups in total. The fraction of sp³-hybridized carbons (Fsp3) is 0.455. The molecule has 2 heterocycles. The first-order valence-electron chi connectivity index (χ1n) is 9.52. The van der Waals surface area contributed by atoms with Crippen LogP contribution in [-0.2, 0) is 12.8 Å². The third-order valence-corrected chi connectivity index (χ3v) is 5.52. The Morgan fingerprint density at radius 3 is 1.54 bits per heavy atom. The predicted octanol–water partition coefficient (Wildman–Crippen LogP) is 4.22. The lowest BCUT2D eigenvalue weighted by molar-refractivity contribution is 0.171. The van der Waals surface area contributed by atoms with Crippen LogP contribution in [0.5, 0.6) is 34.5 Å². The van der Waals surface area contributed by atoms with Gasteiger partial charge in [-0.25, -0.2) is 0 Å². The highest BCUT2D eigenvalue weighted by atomic mass is 16.7. The standard InChI is InChI=1S/C22H26O6/c1-13(5-15-7-17(23-3)21-19(9-15)25-11-27-21)14(2)6-16-8-18(24-4)22-20(10-16)26-12-28-22/h7-10,13-14H,5-6,11-12H2,1-4H3/t13-,14+. The smallest absolute Gasteiger partial charge is 0.231 e. The Hall–Kier alpha value is -2.76. The Bertz CT molecular complexity index is 791. The summed E-state index contributed by atoms with van der Waals surface area (Å²) in [6.07, 6.45) is 1.85. The normalized spacial score (nSPS) is 16.0. The number of fused-ring (bicyclic) bond motifs is 2. The molecule has 6 heteroatoms. The van der Waals surface area contributed by atoms with E-state index in [4.69, 9.17) is 28.4 Å². The summed E-state index contributed by atoms with van der Waals surface area (Å²) in [7, 11) is 3.31. The summed E-state index contributed by atoms with van der Waals surface area (Å²) in [6, 6.07) is 8.19. The van der Waals surface area contributed by atoms with Crippen molar-refractivity contribution in [2.75, 3.05) is 27.8 Å². The van der Waals surface area contributed by atoms with Gasteiger partial charge in [0, 0.05) is 0 Å². The summed E-state index contributed by atoms with van der Waals surface area (Å²) >= 11 is 0. The van der Waals surface area contributed by atoms with Crippen LogP contribution in [-0.4, -0.2) is 27.8 Å². The Kier molecular flexibility index (Phi) is 5.11. The number of ether oxygens (including phenoxy) is 6. The Labute approximate surface area is 165 Å². The number of hydrogen-bond donors (Lipinski definition) is 0. The van der Waals surface area contributed by atoms with Crippen LogP contribution < -0.4 is 28.4 Å². The van der Waals surface area contributed by atoms with E-state index in [1.807, 2.05) is 12.1 Å². The second kappa shape index (κ2) is 7.70. The van der Waals surface area contributed by atoms with Crippen molar-refractivity contribution in [2.24, 2.45) is 11.8 Å². The lowest BCUT2D eigenvalue weighted by atomic mass is 9.85. The highest BCUT2D eigenvalue weighted by Crippen LogP contribution is 2.44. The van der Waals surface area contributed by atoms with Crippen molar-refractivity contribution < 1.29 is 28.4 Å². The number of rotatable bonds is 7. The van der Waals surface area contributed by atoms with Gasteiger partial charge in [-0.3, -0.25) is 0 Å². The minimum Gasteiger partial charge on any atom is -0.493 e. The maximum Gasteiger partial charge on any atom is 0.231 e. The van der Waals surface area contributed by atoms with Crippen molar-refractivity contribution in [3.05, 3.63) is 35.4 Å². The average Bonchev–Trinajstić information content (AvgIpc) is 3.35. The third-order valence-electron chi connectivity index (χ3n) is 5.52. The second-order valence-electron chi connectivity index (χ2n) is 7.43. The van der Waals surface area contributed by atoms with Gasteiger partial charge < -0.3 is 28.4 Å². The molecule has 2 atom stereocenters. The van der Waals surface area contributed by atoms with Crippen molar-refractivity contribution in [1.29, 1.82) is 0 Å². The van der Waals surface area contributed by atoms with Crippen LogP contribution in [0.15, 0.2) is 24.3 Å². The fourth-order valence-corrected chi connectivity index (χ4v) is 3.75. The van der Waals surface area contributed by atoms with Gasteiger partial charge >= 0.3 is 0 Å². The molecular weight excluding hydrogens is 360 g/mol. The molecular formula is C22H26O6. The molecule has 0 aromatic heterocycles. The molecule has 0 bridgehead atoms. The third kappa shape index (κ3) is 3.51. The molecule has 0 saturated carbocycles. The van der Waals surface area contributed by atoms with Gasteiger partial charge in [0.2, 0.25) is 25.1 Å². The zero-order valence-electron chi connectivity index (χ0n) is 16.7. The molecule has 28 heavy (non-hydrogen) atoms. The Morgan fingerprint density at radius 2 is 1.14 bits per heavy atom. The summed E-state index contributed by atoms with van der Waals surface area (Å²) in [5.41, 5.74) is 2.37. The lowest BCUT2D eigenvalue weighted by Crippen LogP contribution is -2.14. The molecule has 0 unspecified atom stereocenters. The van der Waals surface area contributed by atoms with E-state index in [1.165, 1.54) is 11.1 Å². The summed E-state index contributed by atoms with van der Waals surface area (Å²) in [4.78, 5) is 0. The van der Waals surface area contributed by atoms with Gasteiger partial charge in [-0.15, -0.1) is 0 Å². The monoisotopic (exact) mass is 386 g/mol. The van der Waals surface area contributed by atoms with Crippen molar-refractivity contribution in [1.82, 2.24) is 0 Å². The predicted molar refractivity (Wildman–Crippen MR) is 104 cm³/mol. The largest absolute Gasteiger partial charge is 0.493 e. The fourth-order valence-electron chi connectivity index (χ4n) is 3.75. The topological polar surface area (TPSA) is 55.4 Å². The van der Waals surface area contributed by atoms with E-state index in [0.717, 1.165) is 35.8 Å². The molecule has 0 fully saturated rings. The number of benzene rings is 2. The van der Waals surface area contributed by atoms with Crippen LogP contribution in [0.3, 0.4) is 0 Å². The first-order chi connectivity index (χ1) is 13.6. The van der Waals surface area contributed by atoms with Crippen LogP contribution in [0.4, 0.5) is 0 Å². The van der Waals surface area contributed by atoms with E-state index >= 15 is 0 Å². The first kappa shape index (κ1) is 18.6. The lowest BCUT2D eigenvalue weighted by Gasteiger charge is -2.21. The number of methoxy groups -OCH3 is 2. The molecule has 0 spiro atoms. The highest BCUT2D eigenvalue weighted by molar-refractivity contribution is 5.56. The van der Waals surface area contributed by atoms with Crippen molar-refractivity contribution in [2.45, 2.75) is 26.7 Å². The molecule has 0 radical (unpaired) electrons. The molecule has 4 rings (SSSR count). The van der Waals surface area contributed by atoms with E-state index in [-0.39, 0.29) is 13.6 Å². The van der Waals surface area contributed by atoms with E-state index in [0.29, 0.717) is 23.3 Å². The van der Waals surface area contributed by atoms with E-state index < -0.39 is 0 Å². The van der Waals surface area contributed by atoms with Gasteiger partial charge in [0.1, 0.15) is 0 Å². The Balaban J connectivity index is 1.47. The van der Waals surface area contributed by atoms with Crippen molar-refractivity contribution >= 4 is 0 Å². The van der Waals surface area contributed by atoms with Gasteiger partial charge in [-0.1, -0.05) is 13.8 Å². The maximum absolute atomic E-state index is 5.55. The average molecular weight is 386 g/mol. The van der Waals surface area contributed by atoms with E-state index in [1.54, 1.807) is 14.2 Å². The molecule has 2 aliphatic rings. The molecule has 0 aliphatic carbocycles. The summed E-state index contributed by atoms with van der Waals surface area (Å²) in [6.45, 7) is 5.03. The molecule has 0 saturated heterocycles. The Morgan fingerprint density at radius 1 is 0.714 bits per heavy atom. The van der Waals surface area contributed by atoms with Crippen molar-refractivity contribution in [3.8, 4) is 34.5 Å². The minimum atomic E-state index is 0.243. The zero-order valence-corrected chi connectivity index (χ0v) is 16.7. The molecule has 6 nitrogen and oxygen atoms in total. The van der Waals surface area contributed by atoms with Gasteiger partial charge in [-0.2, -0.15) is 0 Å².